The lowest BCUT2D eigenvalue weighted by molar-refractivity contribution is 0.330. The smallest absolute Gasteiger partial charge is 0.239 e. The van der Waals surface area contributed by atoms with Gasteiger partial charge in [0.15, 0.2) is 0 Å². The molecule has 2 atom stereocenters. The first-order valence-electron chi connectivity index (χ1n) is 6.65. The second-order valence-electron chi connectivity index (χ2n) is 5.31. The average Bonchev–Trinajstić information content (AvgIpc) is 2.77. The van der Waals surface area contributed by atoms with E-state index in [0.717, 1.165) is 18.8 Å². The highest BCUT2D eigenvalue weighted by atomic mass is 15.4. The van der Waals surface area contributed by atoms with Crippen LogP contribution in [0.25, 0.3) is 0 Å². The Labute approximate surface area is 112 Å². The molecule has 1 aromatic carbocycles. The summed E-state index contributed by atoms with van der Waals surface area (Å²) < 4.78 is 1.94. The molecule has 0 bridgehead atoms. The Morgan fingerprint density at radius 2 is 2.26 bits per heavy atom. The number of anilines is 1. The van der Waals surface area contributed by atoms with Crippen LogP contribution in [0.15, 0.2) is 24.3 Å². The van der Waals surface area contributed by atoms with Gasteiger partial charge in [-0.25, -0.2) is 4.68 Å². The van der Waals surface area contributed by atoms with Crippen molar-refractivity contribution in [3.8, 4) is 0 Å². The molecule has 0 radical (unpaired) electrons. The van der Waals surface area contributed by atoms with Crippen LogP contribution in [0.4, 0.5) is 5.95 Å². The minimum absolute atomic E-state index is 0.374. The lowest BCUT2D eigenvalue weighted by Crippen LogP contribution is -2.27. The third kappa shape index (κ3) is 2.21. The number of nitrogens with zero attached hydrogens (tertiary/aromatic N) is 3. The van der Waals surface area contributed by atoms with Gasteiger partial charge in [0, 0.05) is 18.9 Å². The topological polar surface area (TPSA) is 82.8 Å². The zero-order valence-corrected chi connectivity index (χ0v) is 11.1. The first kappa shape index (κ1) is 12.2. The maximum absolute atomic E-state index is 5.72. The molecule has 0 fully saturated rings. The predicted molar refractivity (Wildman–Crippen MR) is 74.4 cm³/mol. The summed E-state index contributed by atoms with van der Waals surface area (Å²) >= 11 is 0. The van der Waals surface area contributed by atoms with Crippen molar-refractivity contribution in [2.45, 2.75) is 32.4 Å². The lowest BCUT2D eigenvalue weighted by atomic mass is 9.82. The van der Waals surface area contributed by atoms with Gasteiger partial charge in [0.25, 0.3) is 0 Å². The van der Waals surface area contributed by atoms with E-state index in [9.17, 15) is 0 Å². The van der Waals surface area contributed by atoms with Crippen molar-refractivity contribution in [2.75, 3.05) is 5.73 Å². The second kappa shape index (κ2) is 4.66. The van der Waals surface area contributed by atoms with Crippen LogP contribution in [-0.2, 0) is 19.5 Å². The van der Waals surface area contributed by atoms with Gasteiger partial charge in [-0.1, -0.05) is 31.2 Å². The van der Waals surface area contributed by atoms with Crippen molar-refractivity contribution in [1.82, 2.24) is 14.8 Å². The first-order chi connectivity index (χ1) is 9.17. The van der Waals surface area contributed by atoms with E-state index < -0.39 is 0 Å². The summed E-state index contributed by atoms with van der Waals surface area (Å²) in [5, 5.41) is 4.26. The summed E-state index contributed by atoms with van der Waals surface area (Å²) in [5.74, 6) is 2.35. The monoisotopic (exact) mass is 257 g/mol. The lowest BCUT2D eigenvalue weighted by Gasteiger charge is -2.29. The Hall–Kier alpha value is -1.88. The van der Waals surface area contributed by atoms with E-state index in [4.69, 9.17) is 11.5 Å². The number of benzene rings is 1. The van der Waals surface area contributed by atoms with E-state index >= 15 is 0 Å². The van der Waals surface area contributed by atoms with Gasteiger partial charge in [0.1, 0.15) is 5.82 Å². The molecule has 1 aliphatic rings. The molecular weight excluding hydrogens is 238 g/mol. The predicted octanol–water partition coefficient (Wildman–Crippen LogP) is 1.30. The van der Waals surface area contributed by atoms with Crippen molar-refractivity contribution in [1.29, 1.82) is 0 Å². The molecule has 5 nitrogen and oxygen atoms in total. The molecular formula is C14H19N5. The fraction of sp³-hybridized carbons (Fsp3) is 0.429. The van der Waals surface area contributed by atoms with Crippen LogP contribution < -0.4 is 11.5 Å². The highest BCUT2D eigenvalue weighted by Gasteiger charge is 2.28. The van der Waals surface area contributed by atoms with Crippen LogP contribution in [0.5, 0.6) is 0 Å². The van der Waals surface area contributed by atoms with Crippen molar-refractivity contribution in [3.05, 3.63) is 41.2 Å². The number of fused-ring (bicyclic) bond motifs is 1. The van der Waals surface area contributed by atoms with Gasteiger partial charge in [-0.3, -0.25) is 0 Å². The molecule has 0 saturated carbocycles. The van der Waals surface area contributed by atoms with Crippen LogP contribution >= 0.6 is 0 Å². The molecule has 2 aromatic rings. The van der Waals surface area contributed by atoms with E-state index in [1.54, 1.807) is 0 Å². The zero-order valence-electron chi connectivity index (χ0n) is 11.1. The van der Waals surface area contributed by atoms with Gasteiger partial charge in [0.2, 0.25) is 5.95 Å². The highest BCUT2D eigenvalue weighted by molar-refractivity contribution is 5.28. The molecule has 100 valence electrons. The van der Waals surface area contributed by atoms with Crippen molar-refractivity contribution in [2.24, 2.45) is 11.7 Å². The summed E-state index contributed by atoms with van der Waals surface area (Å²) in [6, 6.07) is 8.52. The summed E-state index contributed by atoms with van der Waals surface area (Å²) in [6.45, 7) is 3.68. The third-order valence-corrected chi connectivity index (χ3v) is 3.94. The van der Waals surface area contributed by atoms with Gasteiger partial charge >= 0.3 is 0 Å². The summed E-state index contributed by atoms with van der Waals surface area (Å²) in [5.41, 5.74) is 13.9. The van der Waals surface area contributed by atoms with E-state index in [1.165, 1.54) is 11.1 Å². The molecule has 2 unspecified atom stereocenters. The van der Waals surface area contributed by atoms with E-state index in [0.29, 0.717) is 24.3 Å². The number of aromatic nitrogens is 3. The van der Waals surface area contributed by atoms with E-state index in [1.807, 2.05) is 4.68 Å². The molecule has 19 heavy (non-hydrogen) atoms. The van der Waals surface area contributed by atoms with Crippen LogP contribution in [0.3, 0.4) is 0 Å². The normalized spacial score (nSPS) is 22.2. The van der Waals surface area contributed by atoms with E-state index in [-0.39, 0.29) is 0 Å². The third-order valence-electron chi connectivity index (χ3n) is 3.94. The van der Waals surface area contributed by atoms with Gasteiger partial charge in [-0.05, 0) is 17.0 Å². The number of nitrogen functional groups attached to an aromatic ring is 1. The van der Waals surface area contributed by atoms with Crippen LogP contribution in [0.1, 0.15) is 29.8 Å². The summed E-state index contributed by atoms with van der Waals surface area (Å²) in [4.78, 5) is 4.27. The Balaban J connectivity index is 1.93. The molecule has 1 aliphatic heterocycles. The Kier molecular flexibility index (Phi) is 2.98. The van der Waals surface area contributed by atoms with Gasteiger partial charge in [0.05, 0.1) is 6.54 Å². The molecule has 3 rings (SSSR count). The molecule has 4 N–H and O–H groups in total. The van der Waals surface area contributed by atoms with Crippen molar-refractivity contribution >= 4 is 5.95 Å². The number of hydrogen-bond donors (Lipinski definition) is 2. The molecule has 0 spiro atoms. The minimum atomic E-state index is 0.374. The number of hydrogen-bond acceptors (Lipinski definition) is 4. The minimum Gasteiger partial charge on any atom is -0.366 e. The quantitative estimate of drug-likeness (QED) is 0.849. The zero-order chi connectivity index (χ0) is 13.4. The average molecular weight is 257 g/mol. The standard InChI is InChI=1S/C14H19N5/c1-9-5-13-17-14(16)18-19(13)8-12(9)11-4-2-3-10(6-11)7-15/h2-4,6,9,12H,5,7-8,15H2,1H3,(H2,16,18). The molecule has 0 saturated heterocycles. The summed E-state index contributed by atoms with van der Waals surface area (Å²) in [6.07, 6.45) is 0.918. The molecule has 1 aromatic heterocycles. The first-order valence-corrected chi connectivity index (χ1v) is 6.65. The van der Waals surface area contributed by atoms with E-state index in [2.05, 4.69) is 41.3 Å². The Morgan fingerprint density at radius 3 is 3.05 bits per heavy atom. The van der Waals surface area contributed by atoms with Gasteiger partial charge in [-0.15, -0.1) is 5.10 Å². The Morgan fingerprint density at radius 1 is 1.42 bits per heavy atom. The largest absolute Gasteiger partial charge is 0.366 e. The maximum Gasteiger partial charge on any atom is 0.239 e. The highest BCUT2D eigenvalue weighted by Crippen LogP contribution is 2.33. The Bertz CT molecular complexity index is 589. The molecule has 5 heteroatoms. The number of nitrogens with two attached hydrogens (primary N) is 2. The fourth-order valence-corrected chi connectivity index (χ4v) is 2.87. The fourth-order valence-electron chi connectivity index (χ4n) is 2.87. The molecule has 2 heterocycles. The molecule has 0 aliphatic carbocycles. The van der Waals surface area contributed by atoms with Crippen LogP contribution in [0, 0.1) is 5.92 Å². The van der Waals surface area contributed by atoms with Gasteiger partial charge in [-0.2, -0.15) is 4.98 Å². The van der Waals surface area contributed by atoms with Crippen molar-refractivity contribution < 1.29 is 0 Å². The molecule has 0 amide bonds. The van der Waals surface area contributed by atoms with Crippen molar-refractivity contribution in [3.63, 3.8) is 0 Å². The maximum atomic E-state index is 5.72. The second-order valence-corrected chi connectivity index (χ2v) is 5.31. The van der Waals surface area contributed by atoms with Crippen LogP contribution in [0.2, 0.25) is 0 Å². The number of rotatable bonds is 2. The summed E-state index contributed by atoms with van der Waals surface area (Å²) in [7, 11) is 0. The van der Waals surface area contributed by atoms with Gasteiger partial charge < -0.3 is 11.5 Å². The van der Waals surface area contributed by atoms with Crippen LogP contribution in [-0.4, -0.2) is 14.8 Å². The SMILES string of the molecule is CC1Cc2nc(N)nn2CC1c1cccc(CN)c1.